The van der Waals surface area contributed by atoms with Gasteiger partial charge in [0.05, 0.1) is 13.0 Å². The molecule has 0 aliphatic heterocycles. The highest BCUT2D eigenvalue weighted by Crippen LogP contribution is 2.00. The van der Waals surface area contributed by atoms with Crippen molar-refractivity contribution in [3.63, 3.8) is 0 Å². The van der Waals surface area contributed by atoms with Crippen molar-refractivity contribution in [1.82, 2.24) is 0 Å². The summed E-state index contributed by atoms with van der Waals surface area (Å²) in [6.45, 7) is 3.09. The van der Waals surface area contributed by atoms with Crippen LogP contribution in [0, 0.1) is 5.92 Å². The Morgan fingerprint density at radius 2 is 2.07 bits per heavy atom. The van der Waals surface area contributed by atoms with E-state index in [2.05, 4.69) is 9.73 Å². The molecule has 1 N–H and O–H groups in total. The van der Waals surface area contributed by atoms with Gasteiger partial charge in [0.2, 0.25) is 0 Å². The van der Waals surface area contributed by atoms with Crippen molar-refractivity contribution in [1.29, 1.82) is 0 Å². The van der Waals surface area contributed by atoms with Crippen LogP contribution in [0.5, 0.6) is 0 Å². The zero-order chi connectivity index (χ0) is 11.1. The Balaban J connectivity index is 4.48. The topological polar surface area (TPSA) is 76.0 Å². The molecule has 0 rings (SSSR count). The van der Waals surface area contributed by atoms with E-state index in [-0.39, 0.29) is 5.70 Å². The van der Waals surface area contributed by atoms with E-state index in [1.807, 2.05) is 0 Å². The van der Waals surface area contributed by atoms with Crippen molar-refractivity contribution in [3.05, 3.63) is 11.8 Å². The van der Waals surface area contributed by atoms with Crippen LogP contribution < -0.4 is 0 Å². The van der Waals surface area contributed by atoms with Crippen LogP contribution in [0.25, 0.3) is 0 Å². The van der Waals surface area contributed by atoms with E-state index in [0.29, 0.717) is 0 Å². The molecule has 0 aromatic rings. The summed E-state index contributed by atoms with van der Waals surface area (Å²) < 4.78 is 4.43. The molecule has 78 valence electrons. The lowest BCUT2D eigenvalue weighted by Crippen LogP contribution is -2.11. The highest BCUT2D eigenvalue weighted by Gasteiger charge is 2.09. The molecule has 0 amide bonds. The van der Waals surface area contributed by atoms with Gasteiger partial charge in [-0.05, 0) is 13.8 Å². The third kappa shape index (κ3) is 3.84. The molecule has 0 aliphatic rings. The van der Waals surface area contributed by atoms with Crippen LogP contribution in [0.1, 0.15) is 13.8 Å². The van der Waals surface area contributed by atoms with E-state index >= 15 is 0 Å². The summed E-state index contributed by atoms with van der Waals surface area (Å²) in [6.07, 6.45) is 2.64. The highest BCUT2D eigenvalue weighted by atomic mass is 16.5. The second kappa shape index (κ2) is 5.90. The van der Waals surface area contributed by atoms with E-state index in [1.54, 1.807) is 6.92 Å². The molecule has 14 heavy (non-hydrogen) atoms. The molecular weight excluding hydrogens is 186 g/mol. The largest absolute Gasteiger partial charge is 0.481 e. The maximum Gasteiger partial charge on any atom is 0.356 e. The number of esters is 1. The molecular formula is C9H13NO4. The number of rotatable bonds is 4. The molecule has 0 saturated carbocycles. The first-order chi connectivity index (χ1) is 6.52. The van der Waals surface area contributed by atoms with Gasteiger partial charge in [0.25, 0.3) is 0 Å². The zero-order valence-corrected chi connectivity index (χ0v) is 8.35. The summed E-state index contributed by atoms with van der Waals surface area (Å²) in [7, 11) is 1.24. The van der Waals surface area contributed by atoms with Crippen molar-refractivity contribution in [3.8, 4) is 0 Å². The third-order valence-electron chi connectivity index (χ3n) is 1.49. The Morgan fingerprint density at radius 1 is 1.50 bits per heavy atom. The van der Waals surface area contributed by atoms with Crippen molar-refractivity contribution >= 4 is 18.2 Å². The minimum Gasteiger partial charge on any atom is -0.481 e. The lowest BCUT2D eigenvalue weighted by Gasteiger charge is -1.99. The van der Waals surface area contributed by atoms with Gasteiger partial charge in [0.15, 0.2) is 0 Å². The predicted molar refractivity (Wildman–Crippen MR) is 51.1 cm³/mol. The second-order valence-electron chi connectivity index (χ2n) is 2.57. The summed E-state index contributed by atoms with van der Waals surface area (Å²) in [4.78, 5) is 25.1. The van der Waals surface area contributed by atoms with Crippen molar-refractivity contribution < 1.29 is 19.4 Å². The van der Waals surface area contributed by atoms with E-state index in [9.17, 15) is 9.59 Å². The summed E-state index contributed by atoms with van der Waals surface area (Å²) in [6, 6.07) is 0. The highest BCUT2D eigenvalue weighted by molar-refractivity contribution is 5.93. The van der Waals surface area contributed by atoms with E-state index in [1.165, 1.54) is 26.3 Å². The number of carboxylic acids is 1. The number of methoxy groups -OCH3 is 1. The van der Waals surface area contributed by atoms with Crippen LogP contribution in [0.15, 0.2) is 16.8 Å². The fourth-order valence-electron chi connectivity index (χ4n) is 0.606. The third-order valence-corrected chi connectivity index (χ3v) is 1.49. The maximum absolute atomic E-state index is 11.0. The fraction of sp³-hybridized carbons (Fsp3) is 0.444. The molecule has 5 nitrogen and oxygen atoms in total. The molecule has 0 aromatic heterocycles. The molecule has 0 fully saturated rings. The van der Waals surface area contributed by atoms with Gasteiger partial charge in [-0.3, -0.25) is 9.79 Å². The number of hydrogen-bond acceptors (Lipinski definition) is 4. The Labute approximate surface area is 82.1 Å². The predicted octanol–water partition coefficient (Wildman–Crippen LogP) is 0.855. The average Bonchev–Trinajstić information content (AvgIpc) is 2.17. The Kier molecular flexibility index (Phi) is 5.21. The molecule has 0 saturated heterocycles. The van der Waals surface area contributed by atoms with E-state index in [4.69, 9.17) is 5.11 Å². The van der Waals surface area contributed by atoms with Gasteiger partial charge in [-0.25, -0.2) is 4.79 Å². The zero-order valence-electron chi connectivity index (χ0n) is 8.35. The molecule has 0 aromatic carbocycles. The van der Waals surface area contributed by atoms with Gasteiger partial charge in [0, 0.05) is 6.21 Å². The molecule has 1 atom stereocenters. The number of hydrogen-bond donors (Lipinski definition) is 1. The average molecular weight is 199 g/mol. The number of allylic oxidation sites excluding steroid dienone is 1. The minimum atomic E-state index is -0.992. The van der Waals surface area contributed by atoms with Crippen LogP contribution in [0.2, 0.25) is 0 Å². The quantitative estimate of drug-likeness (QED) is 0.414. The number of nitrogens with zero attached hydrogens (tertiary/aromatic N) is 1. The van der Waals surface area contributed by atoms with Crippen LogP contribution in [-0.2, 0) is 14.3 Å². The van der Waals surface area contributed by atoms with Crippen molar-refractivity contribution in [2.75, 3.05) is 7.11 Å². The van der Waals surface area contributed by atoms with Crippen LogP contribution >= 0.6 is 0 Å². The van der Waals surface area contributed by atoms with Gasteiger partial charge in [0.1, 0.15) is 5.70 Å². The molecule has 0 spiro atoms. The van der Waals surface area contributed by atoms with Crippen LogP contribution in [-0.4, -0.2) is 30.4 Å². The van der Waals surface area contributed by atoms with E-state index < -0.39 is 17.9 Å². The normalized spacial score (nSPS) is 14.1. The summed E-state index contributed by atoms with van der Waals surface area (Å²) in [5.41, 5.74) is 0.0978. The molecule has 0 aliphatic carbocycles. The number of carbonyl (C=O) groups is 2. The summed E-state index contributed by atoms with van der Waals surface area (Å²) in [5.74, 6) is -2.30. The second-order valence-corrected chi connectivity index (χ2v) is 2.57. The lowest BCUT2D eigenvalue weighted by molar-refractivity contribution is -0.139. The minimum absolute atomic E-state index is 0.0978. The first-order valence-electron chi connectivity index (χ1n) is 4.04. The number of aliphatic carboxylic acids is 1. The Morgan fingerprint density at radius 3 is 2.43 bits per heavy atom. The lowest BCUT2D eigenvalue weighted by atomic mass is 10.2. The Bertz CT molecular complexity index is 281. The van der Waals surface area contributed by atoms with Gasteiger partial charge >= 0.3 is 11.9 Å². The first kappa shape index (κ1) is 12.3. The smallest absolute Gasteiger partial charge is 0.356 e. The van der Waals surface area contributed by atoms with Gasteiger partial charge in [-0.1, -0.05) is 6.08 Å². The molecule has 1 unspecified atom stereocenters. The monoisotopic (exact) mass is 199 g/mol. The first-order valence-corrected chi connectivity index (χ1v) is 4.04. The van der Waals surface area contributed by atoms with Crippen LogP contribution in [0.4, 0.5) is 0 Å². The van der Waals surface area contributed by atoms with Crippen molar-refractivity contribution in [2.45, 2.75) is 13.8 Å². The van der Waals surface area contributed by atoms with E-state index in [0.717, 1.165) is 0 Å². The number of aliphatic imine (C=N–C) groups is 1. The SMILES string of the molecule is C/C=C(\N=C/C(C)C(=O)O)C(=O)OC. The van der Waals surface area contributed by atoms with Gasteiger partial charge in [-0.2, -0.15) is 0 Å². The molecule has 0 bridgehead atoms. The van der Waals surface area contributed by atoms with Gasteiger partial charge < -0.3 is 9.84 Å². The molecule has 0 radical (unpaired) electrons. The number of carbonyl (C=O) groups excluding carboxylic acids is 1. The van der Waals surface area contributed by atoms with Crippen molar-refractivity contribution in [2.24, 2.45) is 10.9 Å². The number of ether oxygens (including phenoxy) is 1. The Hall–Kier alpha value is -1.65. The summed E-state index contributed by atoms with van der Waals surface area (Å²) in [5, 5.41) is 8.54. The standard InChI is InChI=1S/C9H13NO4/c1-4-7(9(13)14-3)10-5-6(2)8(11)12/h4-6H,1-3H3,(H,11,12)/b7-4-,10-5-. The van der Waals surface area contributed by atoms with Gasteiger partial charge in [-0.15, -0.1) is 0 Å². The fourth-order valence-corrected chi connectivity index (χ4v) is 0.606. The summed E-state index contributed by atoms with van der Waals surface area (Å²) >= 11 is 0. The maximum atomic E-state index is 11.0. The molecule has 0 heterocycles. The van der Waals surface area contributed by atoms with Crippen LogP contribution in [0.3, 0.4) is 0 Å². The number of carboxylic acid groups (broad SMARTS) is 1. The molecule has 5 heteroatoms.